The van der Waals surface area contributed by atoms with Crippen LogP contribution in [0.15, 0.2) is 41.3 Å². The zero-order valence-corrected chi connectivity index (χ0v) is 13.4. The Morgan fingerprint density at radius 3 is 2.43 bits per heavy atom. The summed E-state index contributed by atoms with van der Waals surface area (Å²) in [5.74, 6) is 0.730. The first kappa shape index (κ1) is 15.4. The second-order valence-corrected chi connectivity index (χ2v) is 6.14. The predicted octanol–water partition coefficient (Wildman–Crippen LogP) is 3.54. The van der Waals surface area contributed by atoms with Crippen molar-refractivity contribution in [2.45, 2.75) is 24.5 Å². The van der Waals surface area contributed by atoms with Gasteiger partial charge in [0, 0.05) is 23.4 Å². The Bertz CT molecular complexity index is 648. The van der Waals surface area contributed by atoms with Crippen molar-refractivity contribution >= 4 is 23.4 Å². The normalized spacial score (nSPS) is 10.4. The van der Waals surface area contributed by atoms with Gasteiger partial charge in [0.15, 0.2) is 0 Å². The van der Waals surface area contributed by atoms with Crippen molar-refractivity contribution < 1.29 is 4.79 Å². The molecule has 1 amide bonds. The Kier molecular flexibility index (Phi) is 4.91. The van der Waals surface area contributed by atoms with Gasteiger partial charge in [-0.2, -0.15) is 0 Å². The molecule has 2 rings (SSSR count). The lowest BCUT2D eigenvalue weighted by Gasteiger charge is -2.10. The quantitative estimate of drug-likeness (QED) is 0.671. The second-order valence-electron chi connectivity index (χ2n) is 5.12. The van der Waals surface area contributed by atoms with Gasteiger partial charge in [0.1, 0.15) is 0 Å². The van der Waals surface area contributed by atoms with Crippen LogP contribution >= 0.6 is 11.8 Å². The Labute approximate surface area is 129 Å². The number of aryl methyl sites for hydroxylation is 2. The topological polar surface area (TPSA) is 55.1 Å². The fourth-order valence-corrected chi connectivity index (χ4v) is 3.32. The summed E-state index contributed by atoms with van der Waals surface area (Å²) in [5, 5.41) is 2.66. The summed E-state index contributed by atoms with van der Waals surface area (Å²) in [7, 11) is 1.64. The monoisotopic (exact) mass is 300 g/mol. The first-order valence-electron chi connectivity index (χ1n) is 6.81. The minimum absolute atomic E-state index is 0.0853. The van der Waals surface area contributed by atoms with Crippen molar-refractivity contribution in [2.24, 2.45) is 0 Å². The third kappa shape index (κ3) is 4.02. The highest BCUT2D eigenvalue weighted by atomic mass is 32.2. The van der Waals surface area contributed by atoms with Crippen LogP contribution in [0, 0.1) is 13.8 Å². The van der Waals surface area contributed by atoms with E-state index in [0.29, 0.717) is 11.3 Å². The molecule has 0 atom stereocenters. The molecule has 0 radical (unpaired) electrons. The molecule has 0 spiro atoms. The molecule has 0 aliphatic heterocycles. The highest BCUT2D eigenvalue weighted by Gasteiger charge is 2.11. The van der Waals surface area contributed by atoms with Crippen molar-refractivity contribution in [3.8, 4) is 0 Å². The maximum Gasteiger partial charge on any atom is 0.252 e. The number of rotatable bonds is 4. The van der Waals surface area contributed by atoms with Gasteiger partial charge < -0.3 is 11.1 Å². The lowest BCUT2D eigenvalue weighted by Crippen LogP contribution is -2.18. The fourth-order valence-electron chi connectivity index (χ4n) is 2.29. The molecule has 0 fully saturated rings. The van der Waals surface area contributed by atoms with Gasteiger partial charge in [-0.05, 0) is 37.6 Å². The molecule has 0 saturated carbocycles. The van der Waals surface area contributed by atoms with Crippen LogP contribution < -0.4 is 11.1 Å². The first-order valence-corrected chi connectivity index (χ1v) is 7.79. The molecule has 0 bridgehead atoms. The number of thioether (sulfide) groups is 1. The van der Waals surface area contributed by atoms with Gasteiger partial charge in [-0.15, -0.1) is 11.8 Å². The largest absolute Gasteiger partial charge is 0.399 e. The first-order chi connectivity index (χ1) is 9.99. The average molecular weight is 300 g/mol. The number of carbonyl (C=O) groups is 1. The highest BCUT2D eigenvalue weighted by molar-refractivity contribution is 7.98. The zero-order valence-electron chi connectivity index (χ0n) is 12.6. The van der Waals surface area contributed by atoms with E-state index >= 15 is 0 Å². The van der Waals surface area contributed by atoms with E-state index in [1.165, 1.54) is 16.7 Å². The molecule has 4 heteroatoms. The van der Waals surface area contributed by atoms with E-state index in [-0.39, 0.29) is 5.91 Å². The Morgan fingerprint density at radius 1 is 1.14 bits per heavy atom. The molecule has 0 aliphatic carbocycles. The molecule has 21 heavy (non-hydrogen) atoms. The minimum Gasteiger partial charge on any atom is -0.399 e. The molecule has 0 saturated heterocycles. The number of hydrogen-bond donors (Lipinski definition) is 2. The highest BCUT2D eigenvalue weighted by Crippen LogP contribution is 2.29. The van der Waals surface area contributed by atoms with Gasteiger partial charge in [-0.3, -0.25) is 4.79 Å². The van der Waals surface area contributed by atoms with Crippen molar-refractivity contribution in [2.75, 3.05) is 12.8 Å². The number of nitrogen functional groups attached to an aromatic ring is 1. The molecule has 3 nitrogen and oxygen atoms in total. The van der Waals surface area contributed by atoms with E-state index in [4.69, 9.17) is 5.73 Å². The molecular weight excluding hydrogens is 280 g/mol. The Balaban J connectivity index is 2.22. The van der Waals surface area contributed by atoms with Gasteiger partial charge in [0.05, 0.1) is 5.56 Å². The third-order valence-electron chi connectivity index (χ3n) is 3.15. The van der Waals surface area contributed by atoms with Crippen molar-refractivity contribution in [3.63, 3.8) is 0 Å². The molecule has 110 valence electrons. The lowest BCUT2D eigenvalue weighted by molar-refractivity contribution is 0.0960. The summed E-state index contributed by atoms with van der Waals surface area (Å²) < 4.78 is 0. The number of carbonyl (C=O) groups excluding carboxylic acids is 1. The maximum absolute atomic E-state index is 11.9. The molecule has 0 heterocycles. The van der Waals surface area contributed by atoms with Crippen LogP contribution in [-0.2, 0) is 5.75 Å². The maximum atomic E-state index is 11.9. The van der Waals surface area contributed by atoms with E-state index in [1.54, 1.807) is 30.9 Å². The van der Waals surface area contributed by atoms with Crippen LogP contribution in [0.5, 0.6) is 0 Å². The molecule has 2 aromatic rings. The molecular formula is C17H20N2OS. The van der Waals surface area contributed by atoms with Crippen LogP contribution in [0.3, 0.4) is 0 Å². The SMILES string of the molecule is CNC(=O)c1ccc(N)cc1SCc1cc(C)cc(C)c1. The molecule has 0 aliphatic rings. The number of nitrogens with one attached hydrogen (secondary N) is 1. The summed E-state index contributed by atoms with van der Waals surface area (Å²) in [6.45, 7) is 4.19. The van der Waals surface area contributed by atoms with Gasteiger partial charge in [-0.25, -0.2) is 0 Å². The molecule has 0 aromatic heterocycles. The number of nitrogens with two attached hydrogens (primary N) is 1. The van der Waals surface area contributed by atoms with Crippen LogP contribution in [0.2, 0.25) is 0 Å². The van der Waals surface area contributed by atoms with Crippen LogP contribution in [0.4, 0.5) is 5.69 Å². The van der Waals surface area contributed by atoms with E-state index in [1.807, 2.05) is 6.07 Å². The van der Waals surface area contributed by atoms with Crippen LogP contribution in [0.1, 0.15) is 27.0 Å². The van der Waals surface area contributed by atoms with E-state index in [2.05, 4.69) is 37.4 Å². The smallest absolute Gasteiger partial charge is 0.252 e. The van der Waals surface area contributed by atoms with Crippen LogP contribution in [-0.4, -0.2) is 13.0 Å². The summed E-state index contributed by atoms with van der Waals surface area (Å²) in [5.41, 5.74) is 10.9. The number of anilines is 1. The standard InChI is InChI=1S/C17H20N2OS/c1-11-6-12(2)8-13(7-11)10-21-16-9-14(18)4-5-15(16)17(20)19-3/h4-9H,10,18H2,1-3H3,(H,19,20). The van der Waals surface area contributed by atoms with Crippen molar-refractivity contribution in [3.05, 3.63) is 58.7 Å². The molecule has 0 unspecified atom stereocenters. The minimum atomic E-state index is -0.0853. The predicted molar refractivity (Wildman–Crippen MR) is 89.7 cm³/mol. The zero-order chi connectivity index (χ0) is 15.4. The summed E-state index contributed by atoms with van der Waals surface area (Å²) in [6, 6.07) is 11.9. The number of benzene rings is 2. The van der Waals surface area contributed by atoms with Gasteiger partial charge in [0.25, 0.3) is 5.91 Å². The summed E-state index contributed by atoms with van der Waals surface area (Å²) in [4.78, 5) is 12.8. The van der Waals surface area contributed by atoms with E-state index < -0.39 is 0 Å². The van der Waals surface area contributed by atoms with Crippen molar-refractivity contribution in [1.29, 1.82) is 0 Å². The fraction of sp³-hybridized carbons (Fsp3) is 0.235. The number of amides is 1. The average Bonchev–Trinajstić information content (AvgIpc) is 2.43. The van der Waals surface area contributed by atoms with E-state index in [9.17, 15) is 4.79 Å². The summed E-state index contributed by atoms with van der Waals surface area (Å²) >= 11 is 1.63. The van der Waals surface area contributed by atoms with E-state index in [0.717, 1.165) is 10.6 Å². The van der Waals surface area contributed by atoms with Crippen LogP contribution in [0.25, 0.3) is 0 Å². The molecule has 3 N–H and O–H groups in total. The Morgan fingerprint density at radius 2 is 1.81 bits per heavy atom. The molecule has 2 aromatic carbocycles. The van der Waals surface area contributed by atoms with Crippen molar-refractivity contribution in [1.82, 2.24) is 5.32 Å². The van der Waals surface area contributed by atoms with Gasteiger partial charge in [-0.1, -0.05) is 29.3 Å². The Hall–Kier alpha value is -1.94. The lowest BCUT2D eigenvalue weighted by atomic mass is 10.1. The van der Waals surface area contributed by atoms with Gasteiger partial charge >= 0.3 is 0 Å². The second kappa shape index (κ2) is 6.68. The van der Waals surface area contributed by atoms with Gasteiger partial charge in [0.2, 0.25) is 0 Å². The summed E-state index contributed by atoms with van der Waals surface area (Å²) in [6.07, 6.45) is 0. The third-order valence-corrected chi connectivity index (χ3v) is 4.28. The number of hydrogen-bond acceptors (Lipinski definition) is 3.